The Bertz CT molecular complexity index is 1390. The number of thiol groups is 1. The van der Waals surface area contributed by atoms with E-state index in [4.69, 9.17) is 4.74 Å². The molecular formula is C24H21N3O4S2. The molecule has 0 unspecified atom stereocenters. The first-order valence-electron chi connectivity index (χ1n) is 9.97. The maximum Gasteiger partial charge on any atom is 0.336 e. The molecule has 168 valence electrons. The fraction of sp³-hybridized carbons (Fsp3) is 0.0833. The minimum Gasteiger partial charge on any atom is -0.487 e. The fourth-order valence-electron chi connectivity index (χ4n) is 3.11. The number of hydrogen-bond acceptors (Lipinski definition) is 6. The van der Waals surface area contributed by atoms with Crippen LogP contribution in [0.25, 0.3) is 10.9 Å². The van der Waals surface area contributed by atoms with E-state index >= 15 is 0 Å². The summed E-state index contributed by atoms with van der Waals surface area (Å²) in [5.74, 6) is 0.641. The molecule has 0 fully saturated rings. The summed E-state index contributed by atoms with van der Waals surface area (Å²) in [4.78, 5) is 17.2. The summed E-state index contributed by atoms with van der Waals surface area (Å²) < 4.78 is 30.0. The van der Waals surface area contributed by atoms with E-state index in [0.717, 1.165) is 27.2 Å². The molecule has 0 saturated carbocycles. The lowest BCUT2D eigenvalue weighted by atomic mass is 10.2. The Morgan fingerprint density at radius 2 is 1.67 bits per heavy atom. The van der Waals surface area contributed by atoms with E-state index in [1.807, 2.05) is 36.4 Å². The minimum absolute atomic E-state index is 0.169. The topological polar surface area (TPSA) is 88.6 Å². The van der Waals surface area contributed by atoms with Crippen molar-refractivity contribution in [3.8, 4) is 5.75 Å². The quantitative estimate of drug-likeness (QED) is 0.376. The molecule has 0 atom stereocenters. The Kier molecular flexibility index (Phi) is 6.52. The van der Waals surface area contributed by atoms with Gasteiger partial charge >= 0.3 is 6.03 Å². The monoisotopic (exact) mass is 479 g/mol. The number of benzene rings is 3. The smallest absolute Gasteiger partial charge is 0.336 e. The van der Waals surface area contributed by atoms with Gasteiger partial charge in [0.25, 0.3) is 0 Å². The summed E-state index contributed by atoms with van der Waals surface area (Å²) in [6, 6.07) is 24.2. The first-order valence-corrected chi connectivity index (χ1v) is 12.3. The number of nitrogens with zero attached hydrogens (tertiary/aromatic N) is 2. The van der Waals surface area contributed by atoms with Crippen molar-refractivity contribution in [1.29, 1.82) is 0 Å². The molecule has 1 N–H and O–H groups in total. The van der Waals surface area contributed by atoms with Crippen LogP contribution in [0.2, 0.25) is 0 Å². The Hall–Kier alpha value is -3.56. The number of rotatable bonds is 6. The van der Waals surface area contributed by atoms with E-state index in [-0.39, 0.29) is 4.90 Å². The molecule has 4 aromatic rings. The number of hydrogen-bond donors (Lipinski definition) is 2. The van der Waals surface area contributed by atoms with Crippen LogP contribution in [0.4, 0.5) is 16.2 Å². The van der Waals surface area contributed by atoms with Crippen LogP contribution in [0.5, 0.6) is 5.75 Å². The third kappa shape index (κ3) is 5.63. The van der Waals surface area contributed by atoms with Gasteiger partial charge in [0.2, 0.25) is 0 Å². The van der Waals surface area contributed by atoms with Crippen molar-refractivity contribution in [3.05, 3.63) is 90.6 Å². The first kappa shape index (κ1) is 22.6. The molecule has 4 rings (SSSR count). The summed E-state index contributed by atoms with van der Waals surface area (Å²) in [6.07, 6.45) is 1.12. The van der Waals surface area contributed by atoms with Crippen LogP contribution in [0, 0.1) is 0 Å². The summed E-state index contributed by atoms with van der Waals surface area (Å²) in [5.41, 5.74) is 2.73. The molecule has 0 bridgehead atoms. The van der Waals surface area contributed by atoms with Gasteiger partial charge < -0.3 is 10.1 Å². The van der Waals surface area contributed by atoms with Gasteiger partial charge in [0.1, 0.15) is 12.4 Å². The number of carbonyl (C=O) groups excluding carboxylic acids is 1. The number of pyridine rings is 1. The molecule has 0 spiro atoms. The molecule has 33 heavy (non-hydrogen) atoms. The molecular weight excluding hydrogens is 458 g/mol. The van der Waals surface area contributed by atoms with Crippen molar-refractivity contribution in [3.63, 3.8) is 0 Å². The van der Waals surface area contributed by atoms with E-state index in [1.54, 1.807) is 24.3 Å². The number of urea groups is 1. The van der Waals surface area contributed by atoms with Gasteiger partial charge in [-0.15, -0.1) is 0 Å². The number of aromatic nitrogens is 1. The van der Waals surface area contributed by atoms with Crippen molar-refractivity contribution in [1.82, 2.24) is 4.98 Å². The third-order valence-corrected chi connectivity index (χ3v) is 6.39. The molecule has 2 amide bonds. The number of anilines is 2. The van der Waals surface area contributed by atoms with E-state index in [9.17, 15) is 13.2 Å². The molecule has 7 nitrogen and oxygen atoms in total. The summed E-state index contributed by atoms with van der Waals surface area (Å²) in [7, 11) is -3.31. The van der Waals surface area contributed by atoms with Gasteiger partial charge in [-0.1, -0.05) is 37.1 Å². The molecule has 0 aliphatic carbocycles. The largest absolute Gasteiger partial charge is 0.487 e. The predicted molar refractivity (Wildman–Crippen MR) is 133 cm³/mol. The van der Waals surface area contributed by atoms with E-state index in [0.29, 0.717) is 23.7 Å². The van der Waals surface area contributed by atoms with Crippen LogP contribution in [0.3, 0.4) is 0 Å². The highest BCUT2D eigenvalue weighted by Gasteiger charge is 2.14. The van der Waals surface area contributed by atoms with Gasteiger partial charge in [-0.05, 0) is 60.7 Å². The van der Waals surface area contributed by atoms with Crippen LogP contribution >= 0.6 is 12.8 Å². The van der Waals surface area contributed by atoms with Gasteiger partial charge in [0.15, 0.2) is 9.84 Å². The van der Waals surface area contributed by atoms with Crippen LogP contribution in [0.15, 0.2) is 89.8 Å². The highest BCUT2D eigenvalue weighted by molar-refractivity contribution is 7.90. The number of sulfone groups is 1. The lowest BCUT2D eigenvalue weighted by molar-refractivity contribution is 0.260. The average Bonchev–Trinajstić information content (AvgIpc) is 2.82. The number of ether oxygens (including phenoxy) is 1. The Balaban J connectivity index is 1.35. The van der Waals surface area contributed by atoms with Crippen molar-refractivity contribution < 1.29 is 17.9 Å². The molecule has 9 heteroatoms. The summed E-state index contributed by atoms with van der Waals surface area (Å²) >= 11 is 4.21. The molecule has 0 aliphatic heterocycles. The molecule has 1 aromatic heterocycles. The number of para-hydroxylation sites is 1. The predicted octanol–water partition coefficient (Wildman–Crippen LogP) is 5.10. The average molecular weight is 480 g/mol. The molecule has 0 saturated heterocycles. The second kappa shape index (κ2) is 9.51. The van der Waals surface area contributed by atoms with Gasteiger partial charge in [0.05, 0.1) is 21.8 Å². The van der Waals surface area contributed by atoms with Crippen LogP contribution < -0.4 is 14.4 Å². The first-order chi connectivity index (χ1) is 15.8. The SMILES string of the molecule is CS(=O)(=O)c1ccc(N(S)C(=O)Nc2ccc(OCc3ccc4ccccc4n3)cc2)cc1. The highest BCUT2D eigenvalue weighted by atomic mass is 32.2. The van der Waals surface area contributed by atoms with Crippen molar-refractivity contribution in [2.45, 2.75) is 11.5 Å². The lowest BCUT2D eigenvalue weighted by Crippen LogP contribution is -2.26. The zero-order valence-electron chi connectivity index (χ0n) is 17.7. The molecule has 3 aromatic carbocycles. The lowest BCUT2D eigenvalue weighted by Gasteiger charge is -2.17. The van der Waals surface area contributed by atoms with Gasteiger partial charge in [0, 0.05) is 17.3 Å². The van der Waals surface area contributed by atoms with E-state index in [1.165, 1.54) is 24.3 Å². The molecule has 0 radical (unpaired) electrons. The Labute approximate surface area is 197 Å². The van der Waals surface area contributed by atoms with Crippen LogP contribution in [-0.2, 0) is 16.4 Å². The van der Waals surface area contributed by atoms with Crippen LogP contribution in [-0.4, -0.2) is 25.7 Å². The van der Waals surface area contributed by atoms with Gasteiger partial charge in [-0.2, -0.15) is 0 Å². The summed E-state index contributed by atoms with van der Waals surface area (Å²) in [6.45, 7) is 0.324. The highest BCUT2D eigenvalue weighted by Crippen LogP contribution is 2.22. The van der Waals surface area contributed by atoms with E-state index < -0.39 is 15.9 Å². The molecule has 1 heterocycles. The van der Waals surface area contributed by atoms with Crippen molar-refractivity contribution in [2.24, 2.45) is 0 Å². The van der Waals surface area contributed by atoms with Gasteiger partial charge in [-0.3, -0.25) is 0 Å². The van der Waals surface area contributed by atoms with Gasteiger partial charge in [-0.25, -0.2) is 22.5 Å². The fourth-order valence-corrected chi connectivity index (χ4v) is 3.92. The molecule has 0 aliphatic rings. The zero-order chi connectivity index (χ0) is 23.4. The second-order valence-electron chi connectivity index (χ2n) is 7.32. The number of amides is 2. The number of fused-ring (bicyclic) bond motifs is 1. The standard InChI is InChI=1S/C24H21N3O4S2/c1-33(29,30)22-14-10-20(11-15-22)27(32)24(28)26-18-8-12-21(13-9-18)31-16-19-7-6-17-4-2-3-5-23(17)25-19/h2-15,32H,16H2,1H3,(H,26,28). The Morgan fingerprint density at radius 1 is 0.970 bits per heavy atom. The number of carbonyl (C=O) groups is 1. The second-order valence-corrected chi connectivity index (χ2v) is 9.73. The third-order valence-electron chi connectivity index (χ3n) is 4.85. The normalized spacial score (nSPS) is 11.2. The van der Waals surface area contributed by atoms with E-state index in [2.05, 4.69) is 23.1 Å². The maximum atomic E-state index is 12.5. The minimum atomic E-state index is -3.31. The number of nitrogens with one attached hydrogen (secondary N) is 1. The summed E-state index contributed by atoms with van der Waals surface area (Å²) in [5, 5.41) is 3.81. The van der Waals surface area contributed by atoms with Crippen molar-refractivity contribution in [2.75, 3.05) is 15.9 Å². The van der Waals surface area contributed by atoms with Crippen LogP contribution in [0.1, 0.15) is 5.69 Å². The Morgan fingerprint density at radius 3 is 2.36 bits per heavy atom. The van der Waals surface area contributed by atoms with Crippen molar-refractivity contribution >= 4 is 51.0 Å². The zero-order valence-corrected chi connectivity index (χ0v) is 19.4. The maximum absolute atomic E-state index is 12.5.